The van der Waals surface area contributed by atoms with Crippen LogP contribution in [-0.2, 0) is 14.8 Å². The van der Waals surface area contributed by atoms with Crippen molar-refractivity contribution < 1.29 is 22.7 Å². The zero-order valence-electron chi connectivity index (χ0n) is 14.3. The normalized spacial score (nSPS) is 15.0. The maximum Gasteiger partial charge on any atom is 0.354 e. The van der Waals surface area contributed by atoms with Crippen LogP contribution in [0.5, 0.6) is 5.75 Å². The Kier molecular flexibility index (Phi) is 6.31. The SMILES string of the molecule is O=C(OCCOc1c(Cl)cccc1Cl)c1cc(S(=O)(=O)N2CCCC2)c[nH]1. The predicted molar refractivity (Wildman–Crippen MR) is 101 cm³/mol. The maximum absolute atomic E-state index is 12.5. The number of carbonyl (C=O) groups excluding carboxylic acids is 1. The van der Waals surface area contributed by atoms with Gasteiger partial charge in [-0.1, -0.05) is 29.3 Å². The molecule has 0 bridgehead atoms. The molecular formula is C17H18Cl2N2O5S. The highest BCUT2D eigenvalue weighted by molar-refractivity contribution is 7.89. The molecule has 146 valence electrons. The summed E-state index contributed by atoms with van der Waals surface area (Å²) in [4.78, 5) is 14.8. The van der Waals surface area contributed by atoms with Gasteiger partial charge >= 0.3 is 5.97 Å². The second-order valence-electron chi connectivity index (χ2n) is 5.90. The molecule has 2 aromatic rings. The lowest BCUT2D eigenvalue weighted by molar-refractivity contribution is 0.0444. The molecule has 27 heavy (non-hydrogen) atoms. The minimum atomic E-state index is -3.58. The van der Waals surface area contributed by atoms with E-state index in [4.69, 9.17) is 32.7 Å². The predicted octanol–water partition coefficient (Wildman–Crippen LogP) is 3.34. The van der Waals surface area contributed by atoms with Crippen molar-refractivity contribution in [2.45, 2.75) is 17.7 Å². The highest BCUT2D eigenvalue weighted by Gasteiger charge is 2.28. The number of carbonyl (C=O) groups is 1. The summed E-state index contributed by atoms with van der Waals surface area (Å²) in [5, 5.41) is 0.713. The molecule has 1 aliphatic rings. The summed E-state index contributed by atoms with van der Waals surface area (Å²) < 4.78 is 36.8. The van der Waals surface area contributed by atoms with Crippen LogP contribution in [0.1, 0.15) is 23.3 Å². The number of benzene rings is 1. The van der Waals surface area contributed by atoms with E-state index in [2.05, 4.69) is 4.98 Å². The van der Waals surface area contributed by atoms with Gasteiger partial charge in [0.05, 0.1) is 10.0 Å². The fraction of sp³-hybridized carbons (Fsp3) is 0.353. The first-order chi connectivity index (χ1) is 12.9. The Labute approximate surface area is 167 Å². The molecule has 3 rings (SSSR count). The number of nitrogens with zero attached hydrogens (tertiary/aromatic N) is 1. The first-order valence-corrected chi connectivity index (χ1v) is 10.5. The summed E-state index contributed by atoms with van der Waals surface area (Å²) in [6, 6.07) is 6.24. The van der Waals surface area contributed by atoms with Crippen LogP contribution < -0.4 is 4.74 Å². The Bertz CT molecular complexity index is 903. The zero-order valence-corrected chi connectivity index (χ0v) is 16.6. The Balaban J connectivity index is 1.54. The molecule has 1 N–H and O–H groups in total. The van der Waals surface area contributed by atoms with E-state index < -0.39 is 16.0 Å². The lowest BCUT2D eigenvalue weighted by Gasteiger charge is -2.13. The van der Waals surface area contributed by atoms with E-state index in [0.29, 0.717) is 28.9 Å². The van der Waals surface area contributed by atoms with E-state index in [0.717, 1.165) is 12.8 Å². The number of hydrogen-bond acceptors (Lipinski definition) is 5. The molecule has 0 amide bonds. The number of rotatable bonds is 7. The van der Waals surface area contributed by atoms with Crippen molar-refractivity contribution in [1.82, 2.24) is 9.29 Å². The molecule has 0 saturated carbocycles. The minimum absolute atomic E-state index is 0.0480. The number of H-pyrrole nitrogens is 1. The highest BCUT2D eigenvalue weighted by Crippen LogP contribution is 2.32. The van der Waals surface area contributed by atoms with Gasteiger partial charge in [0.1, 0.15) is 23.8 Å². The number of esters is 1. The first kappa shape index (κ1) is 20.0. The zero-order chi connectivity index (χ0) is 19.4. The van der Waals surface area contributed by atoms with Crippen molar-refractivity contribution in [2.24, 2.45) is 0 Å². The van der Waals surface area contributed by atoms with Gasteiger partial charge in [-0.05, 0) is 31.0 Å². The third-order valence-corrected chi connectivity index (χ3v) is 6.53. The molecule has 0 aliphatic carbocycles. The van der Waals surface area contributed by atoms with Gasteiger partial charge < -0.3 is 14.5 Å². The molecule has 1 aromatic heterocycles. The number of aromatic nitrogens is 1. The number of aromatic amines is 1. The van der Waals surface area contributed by atoms with E-state index in [9.17, 15) is 13.2 Å². The number of sulfonamides is 1. The van der Waals surface area contributed by atoms with Crippen LogP contribution >= 0.6 is 23.2 Å². The van der Waals surface area contributed by atoms with Gasteiger partial charge in [-0.25, -0.2) is 13.2 Å². The second-order valence-corrected chi connectivity index (χ2v) is 8.65. The molecule has 0 atom stereocenters. The third-order valence-electron chi connectivity index (χ3n) is 4.06. The second kappa shape index (κ2) is 8.52. The molecular weight excluding hydrogens is 415 g/mol. The van der Waals surface area contributed by atoms with Crippen LogP contribution in [0.2, 0.25) is 10.0 Å². The van der Waals surface area contributed by atoms with Crippen LogP contribution in [0.15, 0.2) is 35.4 Å². The summed E-state index contributed by atoms with van der Waals surface area (Å²) in [6.45, 7) is 0.993. The monoisotopic (exact) mass is 432 g/mol. The van der Waals surface area contributed by atoms with Crippen molar-refractivity contribution in [1.29, 1.82) is 0 Å². The smallest absolute Gasteiger partial charge is 0.354 e. The van der Waals surface area contributed by atoms with Crippen LogP contribution in [0.25, 0.3) is 0 Å². The fourth-order valence-electron chi connectivity index (χ4n) is 2.70. The van der Waals surface area contributed by atoms with E-state index in [1.807, 2.05) is 0 Å². The maximum atomic E-state index is 12.5. The van der Waals surface area contributed by atoms with Gasteiger partial charge in [0.2, 0.25) is 10.0 Å². The number of nitrogens with one attached hydrogen (secondary N) is 1. The van der Waals surface area contributed by atoms with Gasteiger partial charge in [0.15, 0.2) is 5.75 Å². The summed E-state index contributed by atoms with van der Waals surface area (Å²) in [7, 11) is -3.58. The van der Waals surface area contributed by atoms with Crippen LogP contribution in [-0.4, -0.2) is 50.0 Å². The molecule has 10 heteroatoms. The van der Waals surface area contributed by atoms with E-state index in [1.165, 1.54) is 16.6 Å². The van der Waals surface area contributed by atoms with Gasteiger partial charge in [0.25, 0.3) is 0 Å². The third kappa shape index (κ3) is 4.57. The van der Waals surface area contributed by atoms with Crippen LogP contribution in [0, 0.1) is 0 Å². The van der Waals surface area contributed by atoms with Gasteiger partial charge in [-0.15, -0.1) is 0 Å². The molecule has 7 nitrogen and oxygen atoms in total. The van der Waals surface area contributed by atoms with Crippen molar-refractivity contribution in [3.05, 3.63) is 46.2 Å². The Morgan fingerprint density at radius 3 is 2.48 bits per heavy atom. The molecule has 0 unspecified atom stereocenters. The van der Waals surface area contributed by atoms with Crippen molar-refractivity contribution in [3.8, 4) is 5.75 Å². The number of ether oxygens (including phenoxy) is 2. The summed E-state index contributed by atoms with van der Waals surface area (Å²) in [6.07, 6.45) is 2.98. The summed E-state index contributed by atoms with van der Waals surface area (Å²) >= 11 is 12.0. The number of para-hydroxylation sites is 1. The Morgan fingerprint density at radius 2 is 1.81 bits per heavy atom. The van der Waals surface area contributed by atoms with Gasteiger partial charge in [0, 0.05) is 19.3 Å². The number of hydrogen-bond donors (Lipinski definition) is 1. The van der Waals surface area contributed by atoms with E-state index in [-0.39, 0.29) is 23.8 Å². The molecule has 1 aromatic carbocycles. The molecule has 1 aliphatic heterocycles. The molecule has 1 fully saturated rings. The Morgan fingerprint density at radius 1 is 1.15 bits per heavy atom. The Hall–Kier alpha value is -1.74. The van der Waals surface area contributed by atoms with Crippen LogP contribution in [0.3, 0.4) is 0 Å². The van der Waals surface area contributed by atoms with E-state index >= 15 is 0 Å². The standard InChI is InChI=1S/C17H18Cl2N2O5S/c18-13-4-3-5-14(19)16(13)25-8-9-26-17(22)15-10-12(11-20-15)27(23,24)21-6-1-2-7-21/h3-5,10-11,20H,1-2,6-9H2. The van der Waals surface area contributed by atoms with Crippen molar-refractivity contribution in [2.75, 3.05) is 26.3 Å². The lowest BCUT2D eigenvalue weighted by Crippen LogP contribution is -2.27. The first-order valence-electron chi connectivity index (χ1n) is 8.32. The topological polar surface area (TPSA) is 88.7 Å². The van der Waals surface area contributed by atoms with E-state index in [1.54, 1.807) is 18.2 Å². The lowest BCUT2D eigenvalue weighted by atomic mass is 10.3. The van der Waals surface area contributed by atoms with Crippen molar-refractivity contribution >= 4 is 39.2 Å². The highest BCUT2D eigenvalue weighted by atomic mass is 35.5. The quantitative estimate of drug-likeness (QED) is 0.535. The van der Waals surface area contributed by atoms with Crippen LogP contribution in [0.4, 0.5) is 0 Å². The largest absolute Gasteiger partial charge is 0.487 e. The average molecular weight is 433 g/mol. The summed E-state index contributed by atoms with van der Waals surface area (Å²) in [5.74, 6) is -0.359. The molecule has 0 radical (unpaired) electrons. The fourth-order valence-corrected chi connectivity index (χ4v) is 4.71. The minimum Gasteiger partial charge on any atom is -0.487 e. The molecule has 0 spiro atoms. The molecule has 1 saturated heterocycles. The average Bonchev–Trinajstić information content (AvgIpc) is 3.32. The van der Waals surface area contributed by atoms with Gasteiger partial charge in [-0.2, -0.15) is 4.31 Å². The number of halogens is 2. The summed E-state index contributed by atoms with van der Waals surface area (Å²) in [5.41, 5.74) is 0.0588. The van der Waals surface area contributed by atoms with Crippen molar-refractivity contribution in [3.63, 3.8) is 0 Å². The van der Waals surface area contributed by atoms with Gasteiger partial charge in [-0.3, -0.25) is 0 Å². The molecule has 2 heterocycles.